The number of benzene rings is 18. The number of phenols is 5. The molecule has 18 aromatic carbocycles. The molecule has 1 atom stereocenters. The molecule has 0 bridgehead atoms. The Morgan fingerprint density at radius 1 is 0.179 bits per heavy atom. The molecular weight excluding hydrogens is 1500 g/mol. The SMILES string of the molecule is CC=C(O)C1=C(c2ccc(O)cc2)C(c2ccccc2)=C(c2c(-c3ccccc3)c(-c3c(-c4ccccc4)c(-c4ccccc4)c(-c4ccc(O)cc4)c(-c4ccc(O)cc4)c3-c3ccccc3)c(-c3ccccc3)c(-c3c(-c4ccccc4)c(-c4ccccc4)c(-c4ccc(O)cc4)c(-c4ccc(O)cc4)c3-c3ccccc3)c2-c2ccccc2)[C@H]1C. The van der Waals surface area contributed by atoms with Crippen molar-refractivity contribution in [3.8, 4) is 196 Å². The van der Waals surface area contributed by atoms with Crippen molar-refractivity contribution < 1.29 is 30.6 Å². The second kappa shape index (κ2) is 33.4. The van der Waals surface area contributed by atoms with E-state index in [2.05, 4.69) is 304 Å². The topological polar surface area (TPSA) is 121 Å². The summed E-state index contributed by atoms with van der Waals surface area (Å²) in [5.74, 6) is -0.0470. The summed E-state index contributed by atoms with van der Waals surface area (Å²) in [5, 5.41) is 71.8. The minimum absolute atomic E-state index is 0.0947. The molecule has 0 saturated heterocycles. The molecule has 6 nitrogen and oxygen atoms in total. The van der Waals surface area contributed by atoms with Crippen LogP contribution in [0.25, 0.3) is 184 Å². The van der Waals surface area contributed by atoms with E-state index < -0.39 is 5.92 Å². The Labute approximate surface area is 716 Å². The van der Waals surface area contributed by atoms with E-state index in [0.717, 1.165) is 200 Å². The zero-order chi connectivity index (χ0) is 83.6. The fourth-order valence-electron chi connectivity index (χ4n) is 18.8. The Bertz CT molecular complexity index is 6690. The third-order valence-electron chi connectivity index (χ3n) is 23.9. The fourth-order valence-corrected chi connectivity index (χ4v) is 18.8. The summed E-state index contributed by atoms with van der Waals surface area (Å²) in [7, 11) is 0. The second-order valence-electron chi connectivity index (χ2n) is 31.1. The zero-order valence-electron chi connectivity index (χ0n) is 67.8. The van der Waals surface area contributed by atoms with E-state index in [1.165, 1.54) is 0 Å². The van der Waals surface area contributed by atoms with Gasteiger partial charge in [-0.25, -0.2) is 0 Å². The van der Waals surface area contributed by atoms with E-state index in [0.29, 0.717) is 5.57 Å². The summed E-state index contributed by atoms with van der Waals surface area (Å²) < 4.78 is 0. The zero-order valence-corrected chi connectivity index (χ0v) is 67.8. The highest BCUT2D eigenvalue weighted by atomic mass is 16.3. The molecule has 1 aliphatic carbocycles. The van der Waals surface area contributed by atoms with Crippen molar-refractivity contribution in [2.75, 3.05) is 0 Å². The second-order valence-corrected chi connectivity index (χ2v) is 31.1. The van der Waals surface area contributed by atoms with Crippen LogP contribution >= 0.6 is 0 Å². The highest BCUT2D eigenvalue weighted by Crippen LogP contribution is 2.68. The summed E-state index contributed by atoms with van der Waals surface area (Å²) in [5.41, 5.74) is 31.8. The number of phenolic OH excluding ortho intramolecular Hbond substituents is 5. The molecule has 0 heterocycles. The van der Waals surface area contributed by atoms with Crippen LogP contribution in [-0.4, -0.2) is 30.6 Å². The van der Waals surface area contributed by atoms with Crippen LogP contribution < -0.4 is 0 Å². The van der Waals surface area contributed by atoms with Crippen molar-refractivity contribution in [2.24, 2.45) is 5.92 Å². The average molecular weight is 1590 g/mol. The van der Waals surface area contributed by atoms with Gasteiger partial charge in [-0.05, 0) is 274 Å². The van der Waals surface area contributed by atoms with Gasteiger partial charge in [-0.1, -0.05) is 371 Å². The van der Waals surface area contributed by atoms with E-state index in [4.69, 9.17) is 0 Å². The first-order valence-electron chi connectivity index (χ1n) is 41.6. The summed E-state index contributed by atoms with van der Waals surface area (Å²) in [4.78, 5) is 0. The molecule has 6 heteroatoms. The molecule has 0 saturated carbocycles. The molecule has 123 heavy (non-hydrogen) atoms. The predicted molar refractivity (Wildman–Crippen MR) is 508 cm³/mol. The largest absolute Gasteiger partial charge is 0.508 e. The van der Waals surface area contributed by atoms with Gasteiger partial charge in [0.05, 0.1) is 0 Å². The van der Waals surface area contributed by atoms with E-state index in [1.54, 1.807) is 66.7 Å². The molecule has 588 valence electrons. The first-order valence-corrected chi connectivity index (χ1v) is 41.6. The Hall–Kier alpha value is -16.0. The maximum Gasteiger partial charge on any atom is 0.115 e. The van der Waals surface area contributed by atoms with Crippen LogP contribution in [-0.2, 0) is 0 Å². The van der Waals surface area contributed by atoms with Gasteiger partial charge < -0.3 is 30.6 Å². The van der Waals surface area contributed by atoms with Crippen molar-refractivity contribution in [3.63, 3.8) is 0 Å². The van der Waals surface area contributed by atoms with Crippen molar-refractivity contribution in [1.29, 1.82) is 0 Å². The molecule has 0 amide bonds. The van der Waals surface area contributed by atoms with Crippen LogP contribution in [0.5, 0.6) is 28.7 Å². The average Bonchev–Trinajstić information content (AvgIpc) is 1.49. The van der Waals surface area contributed by atoms with Gasteiger partial charge in [-0.3, -0.25) is 0 Å². The van der Waals surface area contributed by atoms with Crippen molar-refractivity contribution >= 4 is 16.7 Å². The Morgan fingerprint density at radius 3 is 0.520 bits per heavy atom. The van der Waals surface area contributed by atoms with Gasteiger partial charge >= 0.3 is 0 Å². The number of aliphatic hydroxyl groups excluding tert-OH is 1. The van der Waals surface area contributed by atoms with Gasteiger partial charge in [0.25, 0.3) is 0 Å². The van der Waals surface area contributed by atoms with Gasteiger partial charge in [-0.15, -0.1) is 0 Å². The number of hydrogen-bond donors (Lipinski definition) is 6. The molecule has 0 aromatic heterocycles. The Morgan fingerprint density at radius 2 is 0.325 bits per heavy atom. The minimum atomic E-state index is -0.647. The van der Waals surface area contributed by atoms with Crippen molar-refractivity contribution in [1.82, 2.24) is 0 Å². The van der Waals surface area contributed by atoms with Gasteiger partial charge in [0.2, 0.25) is 0 Å². The van der Waals surface area contributed by atoms with Crippen LogP contribution in [0.2, 0.25) is 0 Å². The highest BCUT2D eigenvalue weighted by molar-refractivity contribution is 6.30. The van der Waals surface area contributed by atoms with Crippen LogP contribution in [0.3, 0.4) is 0 Å². The van der Waals surface area contributed by atoms with Crippen LogP contribution in [0.4, 0.5) is 0 Å². The number of aromatic hydroxyl groups is 5. The van der Waals surface area contributed by atoms with Crippen LogP contribution in [0, 0.1) is 5.92 Å². The monoisotopic (exact) mass is 1580 g/mol. The van der Waals surface area contributed by atoms with Gasteiger partial charge in [0.15, 0.2) is 0 Å². The summed E-state index contributed by atoms with van der Waals surface area (Å²) in [6.45, 7) is 4.14. The van der Waals surface area contributed by atoms with Crippen molar-refractivity contribution in [2.45, 2.75) is 13.8 Å². The standard InChI is InChI=1S/C117H84O6/c1-3-95(123)96-74(2)97(99(75-34-14-4-15-35-75)98(96)85-54-64-90(118)65-55-85)113-110(82-48-28-11-29-49-82)116(114-106(78-40-20-7-21-41-78)100(76-36-16-5-17-37-76)102(86-56-66-91(119)67-57-86)104(88-60-70-93(121)71-61-88)108(114)80-44-24-9-25-45-80)112(84-52-32-13-33-53-84)117(111(113)83-50-30-12-31-51-83)115-107(79-42-22-8-23-43-79)101(77-38-18-6-19-39-77)103(87-58-68-92(120)69-59-87)105(89-62-72-94(122)73-63-89)109(115)81-46-26-10-27-47-81/h3-74,118-123H,1-2H3/t74-/m0/s1. The molecule has 0 unspecified atom stereocenters. The molecule has 19 rings (SSSR count). The Kier molecular flexibility index (Phi) is 20.9. The minimum Gasteiger partial charge on any atom is -0.508 e. The predicted octanol–water partition coefficient (Wildman–Crippen LogP) is 30.7. The third kappa shape index (κ3) is 14.2. The molecule has 1 aliphatic rings. The molecule has 6 N–H and O–H groups in total. The first kappa shape index (κ1) is 76.9. The van der Waals surface area contributed by atoms with Gasteiger partial charge in [0.1, 0.15) is 34.5 Å². The highest BCUT2D eigenvalue weighted by Gasteiger charge is 2.44. The molecule has 18 aromatic rings. The third-order valence-corrected chi connectivity index (χ3v) is 23.9. The fraction of sp³-hybridized carbons (Fsp3) is 0.0256. The number of hydrogen-bond acceptors (Lipinski definition) is 6. The quantitative estimate of drug-likeness (QED) is 0.0449. The molecular formula is C117H84O6. The molecule has 0 radical (unpaired) electrons. The number of rotatable bonds is 19. The van der Waals surface area contributed by atoms with Gasteiger partial charge in [-0.2, -0.15) is 0 Å². The molecule has 0 aliphatic heterocycles. The summed E-state index contributed by atoms with van der Waals surface area (Å²) in [6, 6.07) is 146. The van der Waals surface area contributed by atoms with Crippen LogP contribution in [0.15, 0.2) is 442 Å². The Balaban J connectivity index is 1.24. The lowest BCUT2D eigenvalue weighted by atomic mass is 9.66. The van der Waals surface area contributed by atoms with Crippen molar-refractivity contribution in [3.05, 3.63) is 459 Å². The molecule has 0 spiro atoms. The van der Waals surface area contributed by atoms with E-state index in [9.17, 15) is 30.6 Å². The maximum absolute atomic E-state index is 13.6. The lowest BCUT2D eigenvalue weighted by Gasteiger charge is -2.36. The smallest absolute Gasteiger partial charge is 0.115 e. The van der Waals surface area contributed by atoms with Crippen LogP contribution in [0.1, 0.15) is 30.5 Å². The first-order chi connectivity index (χ1) is 60.5. The van der Waals surface area contributed by atoms with E-state index >= 15 is 0 Å². The lowest BCUT2D eigenvalue weighted by Crippen LogP contribution is -2.11. The summed E-state index contributed by atoms with van der Waals surface area (Å²) in [6.07, 6.45) is 1.80. The van der Waals surface area contributed by atoms with E-state index in [-0.39, 0.29) is 34.5 Å². The summed E-state index contributed by atoms with van der Waals surface area (Å²) >= 11 is 0. The van der Waals surface area contributed by atoms with E-state index in [1.807, 2.05) is 73.7 Å². The normalized spacial score (nSPS) is 12.7. The number of aliphatic hydroxyl groups is 1. The number of allylic oxidation sites excluding steroid dienone is 5. The molecule has 0 fully saturated rings. The lowest BCUT2D eigenvalue weighted by molar-refractivity contribution is 0.415. The van der Waals surface area contributed by atoms with Gasteiger partial charge in [0, 0.05) is 11.5 Å². The maximum atomic E-state index is 13.6.